The molecule has 5 N–H and O–H groups in total. The normalized spacial score (nSPS) is 12.4. The summed E-state index contributed by atoms with van der Waals surface area (Å²) in [6.45, 7) is 10.6. The van der Waals surface area contributed by atoms with Gasteiger partial charge in [-0.2, -0.15) is 0 Å². The zero-order chi connectivity index (χ0) is 35.2. The zero-order valence-electron chi connectivity index (χ0n) is 29.2. The first-order chi connectivity index (χ1) is 22.3. The van der Waals surface area contributed by atoms with Crippen molar-refractivity contribution in [1.29, 1.82) is 0 Å². The first-order valence-corrected chi connectivity index (χ1v) is 17.4. The van der Waals surface area contributed by atoms with Crippen molar-refractivity contribution in [3.63, 3.8) is 0 Å². The van der Waals surface area contributed by atoms with Crippen LogP contribution in [-0.2, 0) is 25.6 Å². The summed E-state index contributed by atoms with van der Waals surface area (Å²) in [6.07, 6.45) is 12.5. The summed E-state index contributed by atoms with van der Waals surface area (Å²) in [7, 11) is 0. The highest BCUT2D eigenvalue weighted by Gasteiger charge is 2.24. The van der Waals surface area contributed by atoms with Crippen molar-refractivity contribution in [1.82, 2.24) is 21.3 Å². The van der Waals surface area contributed by atoms with Gasteiger partial charge in [0.2, 0.25) is 23.6 Å². The molecule has 0 aromatic heterocycles. The molecule has 1 aromatic carbocycles. The lowest BCUT2D eigenvalue weighted by molar-refractivity contribution is -0.384. The SMILES string of the molecule is CCCCCCCCCCCCNC(=O)[C@H](CC(C)C)NC(=O)CCNC(=O)[C@H](CC(C)C)NC(=O)Cc1cc([N+](=O)[O-])ccc1O. The highest BCUT2D eigenvalue weighted by molar-refractivity contribution is 5.90. The Hall–Kier alpha value is -3.70. The molecular formula is C35H59N5O7. The van der Waals surface area contributed by atoms with Gasteiger partial charge < -0.3 is 26.4 Å². The van der Waals surface area contributed by atoms with Crippen LogP contribution in [0.15, 0.2) is 18.2 Å². The summed E-state index contributed by atoms with van der Waals surface area (Å²) in [5.74, 6) is -1.65. The molecule has 0 heterocycles. The molecule has 1 rings (SSSR count). The number of unbranched alkanes of at least 4 members (excludes halogenated alkanes) is 9. The number of rotatable bonds is 25. The third-order valence-electron chi connectivity index (χ3n) is 7.82. The van der Waals surface area contributed by atoms with Gasteiger partial charge in [0.1, 0.15) is 17.8 Å². The van der Waals surface area contributed by atoms with Crippen molar-refractivity contribution in [2.75, 3.05) is 13.1 Å². The van der Waals surface area contributed by atoms with Crippen LogP contribution in [0.3, 0.4) is 0 Å². The molecule has 0 radical (unpaired) electrons. The maximum atomic E-state index is 13.0. The highest BCUT2D eigenvalue weighted by Crippen LogP contribution is 2.23. The van der Waals surface area contributed by atoms with Crippen LogP contribution in [0.5, 0.6) is 5.75 Å². The van der Waals surface area contributed by atoms with Gasteiger partial charge >= 0.3 is 0 Å². The number of aromatic hydroxyl groups is 1. The predicted molar refractivity (Wildman–Crippen MR) is 184 cm³/mol. The fourth-order valence-electron chi connectivity index (χ4n) is 5.29. The first kappa shape index (κ1) is 41.3. The lowest BCUT2D eigenvalue weighted by Gasteiger charge is -2.21. The number of nitrogens with zero attached hydrogens (tertiary/aromatic N) is 1. The van der Waals surface area contributed by atoms with Gasteiger partial charge in [-0.25, -0.2) is 0 Å². The fourth-order valence-corrected chi connectivity index (χ4v) is 5.29. The van der Waals surface area contributed by atoms with Gasteiger partial charge in [0, 0.05) is 37.2 Å². The summed E-state index contributed by atoms with van der Waals surface area (Å²) in [4.78, 5) is 61.7. The van der Waals surface area contributed by atoms with Crippen molar-refractivity contribution >= 4 is 29.3 Å². The summed E-state index contributed by atoms with van der Waals surface area (Å²) in [6, 6.07) is 1.84. The number of non-ortho nitro benzene ring substituents is 1. The number of nitro benzene ring substituents is 1. The predicted octanol–water partition coefficient (Wildman–Crippen LogP) is 5.45. The number of amides is 4. The van der Waals surface area contributed by atoms with Gasteiger partial charge in [0.25, 0.3) is 5.69 Å². The van der Waals surface area contributed by atoms with E-state index in [1.807, 2.05) is 27.7 Å². The second-order valence-electron chi connectivity index (χ2n) is 13.3. The number of phenolic OH excluding ortho intramolecular Hbond substituents is 1. The molecule has 2 atom stereocenters. The van der Waals surface area contributed by atoms with E-state index in [4.69, 9.17) is 0 Å². The number of nitro groups is 1. The van der Waals surface area contributed by atoms with Crippen LogP contribution < -0.4 is 21.3 Å². The molecule has 0 saturated heterocycles. The molecule has 266 valence electrons. The molecule has 0 bridgehead atoms. The molecule has 12 heteroatoms. The Morgan fingerprint density at radius 3 is 1.74 bits per heavy atom. The molecule has 12 nitrogen and oxygen atoms in total. The maximum absolute atomic E-state index is 13.0. The van der Waals surface area contributed by atoms with Crippen LogP contribution in [0.4, 0.5) is 5.69 Å². The topological polar surface area (TPSA) is 180 Å². The molecule has 0 saturated carbocycles. The highest BCUT2D eigenvalue weighted by atomic mass is 16.6. The Bertz CT molecular complexity index is 1130. The Kier molecular flexibility index (Phi) is 20.7. The molecular weight excluding hydrogens is 602 g/mol. The number of carbonyl (C=O) groups excluding carboxylic acids is 4. The van der Waals surface area contributed by atoms with Crippen molar-refractivity contribution in [2.45, 2.75) is 137 Å². The van der Waals surface area contributed by atoms with E-state index in [2.05, 4.69) is 28.2 Å². The van der Waals surface area contributed by atoms with Crippen LogP contribution in [-0.4, -0.2) is 58.8 Å². The Labute approximate surface area is 280 Å². The molecule has 0 fully saturated rings. The summed E-state index contributed by atoms with van der Waals surface area (Å²) < 4.78 is 0. The standard InChI is InChI=1S/C35H59N5O7/c1-6-7-8-9-10-11-12-13-14-15-19-36-34(44)29(21-25(2)3)38-32(42)18-20-37-35(45)30(22-26(4)5)39-33(43)24-27-23-28(40(46)47)16-17-31(27)41/h16-17,23,25-26,29-30,41H,6-15,18-22,24H2,1-5H3,(H,36,44)(H,37,45)(H,38,42)(H,39,43)/t29-,30-/m0/s1. The van der Waals surface area contributed by atoms with Crippen LogP contribution in [0, 0.1) is 22.0 Å². The molecule has 0 spiro atoms. The Morgan fingerprint density at radius 1 is 0.745 bits per heavy atom. The van der Waals surface area contributed by atoms with Gasteiger partial charge in [-0.3, -0.25) is 29.3 Å². The number of benzene rings is 1. The largest absolute Gasteiger partial charge is 0.508 e. The van der Waals surface area contributed by atoms with Crippen LogP contribution in [0.1, 0.15) is 124 Å². The summed E-state index contributed by atoms with van der Waals surface area (Å²) >= 11 is 0. The minimum atomic E-state index is -0.906. The minimum Gasteiger partial charge on any atom is -0.508 e. The molecule has 1 aromatic rings. The Balaban J connectivity index is 2.52. The van der Waals surface area contributed by atoms with Crippen LogP contribution >= 0.6 is 0 Å². The number of hydrogen-bond donors (Lipinski definition) is 5. The third-order valence-corrected chi connectivity index (χ3v) is 7.82. The van der Waals surface area contributed by atoms with E-state index in [-0.39, 0.29) is 60.0 Å². The quantitative estimate of drug-likeness (QED) is 0.0525. The van der Waals surface area contributed by atoms with Crippen molar-refractivity contribution in [3.8, 4) is 5.75 Å². The average molecular weight is 662 g/mol. The average Bonchev–Trinajstić information content (AvgIpc) is 2.99. The van der Waals surface area contributed by atoms with Crippen LogP contribution in [0.25, 0.3) is 0 Å². The minimum absolute atomic E-state index is 0.00935. The van der Waals surface area contributed by atoms with Crippen molar-refractivity contribution < 1.29 is 29.2 Å². The number of nitrogens with one attached hydrogen (secondary N) is 4. The smallest absolute Gasteiger partial charge is 0.269 e. The number of hydrogen-bond acceptors (Lipinski definition) is 7. The van der Waals surface area contributed by atoms with E-state index in [9.17, 15) is 34.4 Å². The van der Waals surface area contributed by atoms with E-state index in [1.54, 1.807) is 0 Å². The lowest BCUT2D eigenvalue weighted by atomic mass is 10.0. The van der Waals surface area contributed by atoms with Crippen molar-refractivity contribution in [3.05, 3.63) is 33.9 Å². The lowest BCUT2D eigenvalue weighted by Crippen LogP contribution is -2.50. The molecule has 47 heavy (non-hydrogen) atoms. The van der Waals surface area contributed by atoms with E-state index in [0.717, 1.165) is 37.5 Å². The monoisotopic (exact) mass is 661 g/mol. The van der Waals surface area contributed by atoms with Crippen LogP contribution in [0.2, 0.25) is 0 Å². The molecule has 4 amide bonds. The van der Waals surface area contributed by atoms with E-state index in [0.29, 0.717) is 19.4 Å². The first-order valence-electron chi connectivity index (χ1n) is 17.4. The van der Waals surface area contributed by atoms with E-state index in [1.165, 1.54) is 44.9 Å². The zero-order valence-corrected chi connectivity index (χ0v) is 29.2. The van der Waals surface area contributed by atoms with Gasteiger partial charge in [0.05, 0.1) is 11.3 Å². The van der Waals surface area contributed by atoms with Gasteiger partial charge in [0.15, 0.2) is 0 Å². The third kappa shape index (κ3) is 18.9. The molecule has 0 aliphatic carbocycles. The van der Waals surface area contributed by atoms with Crippen molar-refractivity contribution in [2.24, 2.45) is 11.8 Å². The van der Waals surface area contributed by atoms with Gasteiger partial charge in [-0.1, -0.05) is 92.4 Å². The molecule has 0 aliphatic heterocycles. The second-order valence-corrected chi connectivity index (χ2v) is 13.3. The molecule has 0 unspecified atom stereocenters. The number of carbonyl (C=O) groups is 4. The summed E-state index contributed by atoms with van der Waals surface area (Å²) in [5.41, 5.74) is -0.192. The van der Waals surface area contributed by atoms with Gasteiger partial charge in [-0.05, 0) is 37.2 Å². The summed E-state index contributed by atoms with van der Waals surface area (Å²) in [5, 5.41) is 32.2. The van der Waals surface area contributed by atoms with E-state index >= 15 is 0 Å². The van der Waals surface area contributed by atoms with Gasteiger partial charge in [-0.15, -0.1) is 0 Å². The molecule has 0 aliphatic rings. The fraction of sp³-hybridized carbons (Fsp3) is 0.714. The maximum Gasteiger partial charge on any atom is 0.269 e. The Morgan fingerprint density at radius 2 is 1.23 bits per heavy atom. The van der Waals surface area contributed by atoms with E-state index < -0.39 is 28.8 Å². The number of phenols is 1. The second kappa shape index (κ2) is 23.6.